The fourth-order valence-corrected chi connectivity index (χ4v) is 3.30. The number of fused-ring (bicyclic) bond motifs is 2. The number of carbonyl (C=O) groups excluding carboxylic acids is 2. The molecule has 126 valence electrons. The van der Waals surface area contributed by atoms with Gasteiger partial charge in [0.2, 0.25) is 11.8 Å². The van der Waals surface area contributed by atoms with Gasteiger partial charge in [0, 0.05) is 29.3 Å². The van der Waals surface area contributed by atoms with Crippen molar-refractivity contribution in [3.8, 4) is 0 Å². The molecule has 0 unspecified atom stereocenters. The van der Waals surface area contributed by atoms with Gasteiger partial charge in [-0.2, -0.15) is 0 Å². The molecule has 5 nitrogen and oxygen atoms in total. The van der Waals surface area contributed by atoms with E-state index in [4.69, 9.17) is 0 Å². The lowest BCUT2D eigenvalue weighted by Crippen LogP contribution is -2.27. The summed E-state index contributed by atoms with van der Waals surface area (Å²) in [6.07, 6.45) is 3.46. The molecule has 3 N–H and O–H groups in total. The molecule has 1 aliphatic rings. The smallest absolute Gasteiger partial charge is 0.228 e. The lowest BCUT2D eigenvalue weighted by Gasteiger charge is -2.07. The van der Waals surface area contributed by atoms with E-state index >= 15 is 0 Å². The summed E-state index contributed by atoms with van der Waals surface area (Å²) in [7, 11) is 0. The summed E-state index contributed by atoms with van der Waals surface area (Å²) in [5.74, 6) is 0.0574. The Morgan fingerprint density at radius 1 is 1.16 bits per heavy atom. The van der Waals surface area contributed by atoms with Crippen LogP contribution in [0.15, 0.2) is 48.7 Å². The van der Waals surface area contributed by atoms with Crippen LogP contribution in [0.1, 0.15) is 16.7 Å². The molecular formula is C20H19N3O2. The molecule has 2 heterocycles. The maximum Gasteiger partial charge on any atom is 0.228 e. The number of para-hydroxylation sites is 1. The largest absolute Gasteiger partial charge is 0.361 e. The first kappa shape index (κ1) is 15.4. The first-order valence-electron chi connectivity index (χ1n) is 8.42. The number of carbonyl (C=O) groups is 2. The SMILES string of the molecule is O=C(Cc1c[nH]c2ccccc12)NCCc1ccc2c(c1)CC(=O)N2. The van der Waals surface area contributed by atoms with E-state index in [0.29, 0.717) is 19.4 Å². The van der Waals surface area contributed by atoms with Crippen LogP contribution in [0.25, 0.3) is 10.9 Å². The van der Waals surface area contributed by atoms with Gasteiger partial charge in [-0.05, 0) is 35.2 Å². The van der Waals surface area contributed by atoms with Gasteiger partial charge in [-0.15, -0.1) is 0 Å². The van der Waals surface area contributed by atoms with Crippen molar-refractivity contribution in [1.29, 1.82) is 0 Å². The minimum atomic E-state index is 0.0164. The number of nitrogens with one attached hydrogen (secondary N) is 3. The molecule has 2 aromatic carbocycles. The molecule has 25 heavy (non-hydrogen) atoms. The highest BCUT2D eigenvalue weighted by Gasteiger charge is 2.17. The van der Waals surface area contributed by atoms with E-state index in [2.05, 4.69) is 15.6 Å². The van der Waals surface area contributed by atoms with Crippen LogP contribution < -0.4 is 10.6 Å². The molecule has 1 aromatic heterocycles. The molecule has 0 bridgehead atoms. The van der Waals surface area contributed by atoms with Crippen molar-refractivity contribution in [2.75, 3.05) is 11.9 Å². The molecular weight excluding hydrogens is 314 g/mol. The molecule has 2 amide bonds. The molecule has 1 aliphatic heterocycles. The topological polar surface area (TPSA) is 74.0 Å². The molecule has 0 atom stereocenters. The van der Waals surface area contributed by atoms with Crippen LogP contribution in [-0.4, -0.2) is 23.3 Å². The van der Waals surface area contributed by atoms with Crippen LogP contribution in [0.2, 0.25) is 0 Å². The molecule has 0 radical (unpaired) electrons. The maximum atomic E-state index is 12.2. The van der Waals surface area contributed by atoms with Crippen molar-refractivity contribution in [2.24, 2.45) is 0 Å². The Balaban J connectivity index is 1.32. The Labute approximate surface area is 145 Å². The van der Waals surface area contributed by atoms with Gasteiger partial charge in [0.1, 0.15) is 0 Å². The summed E-state index contributed by atoms with van der Waals surface area (Å²) in [6.45, 7) is 0.585. The van der Waals surface area contributed by atoms with E-state index in [-0.39, 0.29) is 11.8 Å². The van der Waals surface area contributed by atoms with Gasteiger partial charge in [-0.25, -0.2) is 0 Å². The third-order valence-electron chi connectivity index (χ3n) is 4.56. The molecule has 0 spiro atoms. The van der Waals surface area contributed by atoms with Crippen LogP contribution in [0, 0.1) is 0 Å². The van der Waals surface area contributed by atoms with Crippen molar-refractivity contribution in [3.05, 3.63) is 65.4 Å². The number of H-pyrrole nitrogens is 1. The minimum absolute atomic E-state index is 0.0164. The lowest BCUT2D eigenvalue weighted by molar-refractivity contribution is -0.120. The van der Waals surface area contributed by atoms with Crippen LogP contribution in [-0.2, 0) is 28.9 Å². The van der Waals surface area contributed by atoms with Gasteiger partial charge in [0.15, 0.2) is 0 Å². The van der Waals surface area contributed by atoms with E-state index in [1.165, 1.54) is 0 Å². The second-order valence-electron chi connectivity index (χ2n) is 6.35. The summed E-state index contributed by atoms with van der Waals surface area (Å²) in [6, 6.07) is 13.9. The average molecular weight is 333 g/mol. The Kier molecular flexibility index (Phi) is 3.98. The zero-order valence-electron chi connectivity index (χ0n) is 13.8. The first-order valence-corrected chi connectivity index (χ1v) is 8.42. The number of hydrogen-bond donors (Lipinski definition) is 3. The Morgan fingerprint density at radius 2 is 2.04 bits per heavy atom. The van der Waals surface area contributed by atoms with Gasteiger partial charge in [-0.3, -0.25) is 9.59 Å². The van der Waals surface area contributed by atoms with E-state index in [9.17, 15) is 9.59 Å². The molecule has 0 saturated heterocycles. The van der Waals surface area contributed by atoms with E-state index in [1.54, 1.807) is 0 Å². The van der Waals surface area contributed by atoms with Crippen LogP contribution in [0.3, 0.4) is 0 Å². The summed E-state index contributed by atoms with van der Waals surface area (Å²) in [5, 5.41) is 6.89. The van der Waals surface area contributed by atoms with E-state index in [0.717, 1.165) is 39.7 Å². The second kappa shape index (κ2) is 6.43. The van der Waals surface area contributed by atoms with E-state index < -0.39 is 0 Å². The lowest BCUT2D eigenvalue weighted by atomic mass is 10.1. The highest BCUT2D eigenvalue weighted by molar-refractivity contribution is 5.99. The summed E-state index contributed by atoms with van der Waals surface area (Å²) in [4.78, 5) is 26.8. The summed E-state index contributed by atoms with van der Waals surface area (Å²) in [5.41, 5.74) is 5.12. The minimum Gasteiger partial charge on any atom is -0.361 e. The maximum absolute atomic E-state index is 12.2. The normalized spacial score (nSPS) is 12.9. The highest BCUT2D eigenvalue weighted by Crippen LogP contribution is 2.24. The van der Waals surface area contributed by atoms with Gasteiger partial charge in [0.05, 0.1) is 12.8 Å². The zero-order valence-corrected chi connectivity index (χ0v) is 13.8. The number of anilines is 1. The molecule has 0 aliphatic carbocycles. The number of aromatic nitrogens is 1. The van der Waals surface area contributed by atoms with Crippen molar-refractivity contribution < 1.29 is 9.59 Å². The third-order valence-corrected chi connectivity index (χ3v) is 4.56. The summed E-state index contributed by atoms with van der Waals surface area (Å²) >= 11 is 0. The predicted octanol–water partition coefficient (Wildman–Crippen LogP) is 2.56. The number of hydrogen-bond acceptors (Lipinski definition) is 2. The van der Waals surface area contributed by atoms with Crippen molar-refractivity contribution in [2.45, 2.75) is 19.3 Å². The van der Waals surface area contributed by atoms with Crippen LogP contribution in [0.4, 0.5) is 5.69 Å². The molecule has 4 rings (SSSR count). The predicted molar refractivity (Wildman–Crippen MR) is 97.5 cm³/mol. The van der Waals surface area contributed by atoms with Crippen LogP contribution >= 0.6 is 0 Å². The molecule has 0 fully saturated rings. The van der Waals surface area contributed by atoms with Crippen molar-refractivity contribution in [3.63, 3.8) is 0 Å². The Morgan fingerprint density at radius 3 is 2.96 bits per heavy atom. The number of benzene rings is 2. The number of rotatable bonds is 5. The van der Waals surface area contributed by atoms with Crippen LogP contribution in [0.5, 0.6) is 0 Å². The molecule has 0 saturated carbocycles. The highest BCUT2D eigenvalue weighted by atomic mass is 16.2. The van der Waals surface area contributed by atoms with Gasteiger partial charge in [-0.1, -0.05) is 30.3 Å². The Bertz CT molecular complexity index is 958. The van der Waals surface area contributed by atoms with Crippen molar-refractivity contribution >= 4 is 28.4 Å². The fourth-order valence-electron chi connectivity index (χ4n) is 3.30. The average Bonchev–Trinajstić information content (AvgIpc) is 3.17. The monoisotopic (exact) mass is 333 g/mol. The Hall–Kier alpha value is -3.08. The fraction of sp³-hybridized carbons (Fsp3) is 0.200. The third kappa shape index (κ3) is 3.26. The zero-order chi connectivity index (χ0) is 17.2. The second-order valence-corrected chi connectivity index (χ2v) is 6.35. The summed E-state index contributed by atoms with van der Waals surface area (Å²) < 4.78 is 0. The van der Waals surface area contributed by atoms with Gasteiger partial charge >= 0.3 is 0 Å². The van der Waals surface area contributed by atoms with E-state index in [1.807, 2.05) is 48.7 Å². The molecule has 3 aromatic rings. The van der Waals surface area contributed by atoms with Gasteiger partial charge < -0.3 is 15.6 Å². The van der Waals surface area contributed by atoms with Gasteiger partial charge in [0.25, 0.3) is 0 Å². The first-order chi connectivity index (χ1) is 12.2. The quantitative estimate of drug-likeness (QED) is 0.671. The molecule has 5 heteroatoms. The number of amides is 2. The standard InChI is InChI=1S/C20H19N3O2/c24-19(11-15-12-22-18-4-2-1-3-16(15)18)21-8-7-13-5-6-17-14(9-13)10-20(25)23-17/h1-6,9,12,22H,7-8,10-11H2,(H,21,24)(H,23,25). The van der Waals surface area contributed by atoms with Crippen molar-refractivity contribution in [1.82, 2.24) is 10.3 Å². The number of aromatic amines is 1.